The van der Waals surface area contributed by atoms with Gasteiger partial charge in [-0.05, 0) is 29.5 Å². The highest BCUT2D eigenvalue weighted by atomic mass is 32.2. The van der Waals surface area contributed by atoms with Crippen LogP contribution in [0, 0.1) is 10.1 Å². The SMILES string of the molecule is O=C1S/C(=C\c2ccccc2[N+](=O)[O-])C(=O)N1Cc1ccccc1. The van der Waals surface area contributed by atoms with Crippen molar-refractivity contribution < 1.29 is 14.5 Å². The van der Waals surface area contributed by atoms with Gasteiger partial charge in [-0.3, -0.25) is 24.6 Å². The Bertz CT molecular complexity index is 849. The molecule has 1 fully saturated rings. The van der Waals surface area contributed by atoms with E-state index < -0.39 is 10.8 Å². The molecular weight excluding hydrogens is 328 g/mol. The standard InChI is InChI=1S/C17H12N2O4S/c20-16-15(10-13-8-4-5-9-14(13)19(22)23)24-17(21)18(16)11-12-6-2-1-3-7-12/h1-10H,11H2/b15-10-. The van der Waals surface area contributed by atoms with Crippen LogP contribution in [0.4, 0.5) is 10.5 Å². The third kappa shape index (κ3) is 3.21. The number of para-hydroxylation sites is 1. The summed E-state index contributed by atoms with van der Waals surface area (Å²) in [5.74, 6) is -0.438. The Morgan fingerprint density at radius 1 is 1.04 bits per heavy atom. The molecule has 0 radical (unpaired) electrons. The molecule has 120 valence electrons. The van der Waals surface area contributed by atoms with Gasteiger partial charge in [0.15, 0.2) is 0 Å². The van der Waals surface area contributed by atoms with Crippen molar-refractivity contribution >= 4 is 34.7 Å². The molecule has 1 heterocycles. The Balaban J connectivity index is 1.88. The fourth-order valence-electron chi connectivity index (χ4n) is 2.32. The Morgan fingerprint density at radius 2 is 1.71 bits per heavy atom. The lowest BCUT2D eigenvalue weighted by Gasteiger charge is -2.12. The van der Waals surface area contributed by atoms with Gasteiger partial charge >= 0.3 is 0 Å². The van der Waals surface area contributed by atoms with Crippen molar-refractivity contribution in [1.82, 2.24) is 4.90 Å². The van der Waals surface area contributed by atoms with Crippen molar-refractivity contribution in [3.05, 3.63) is 80.7 Å². The van der Waals surface area contributed by atoms with Gasteiger partial charge < -0.3 is 0 Å². The van der Waals surface area contributed by atoms with Crippen molar-refractivity contribution in [2.75, 3.05) is 0 Å². The highest BCUT2D eigenvalue weighted by Crippen LogP contribution is 2.34. The number of nitro groups is 1. The normalized spacial score (nSPS) is 16.0. The van der Waals surface area contributed by atoms with Gasteiger partial charge in [0.05, 0.1) is 21.9 Å². The molecule has 7 heteroatoms. The van der Waals surface area contributed by atoms with E-state index in [0.717, 1.165) is 22.2 Å². The lowest BCUT2D eigenvalue weighted by atomic mass is 10.1. The average Bonchev–Trinajstić information content (AvgIpc) is 2.84. The number of hydrogen-bond acceptors (Lipinski definition) is 5. The number of amides is 2. The first-order chi connectivity index (χ1) is 11.6. The second kappa shape index (κ2) is 6.67. The molecule has 0 bridgehead atoms. The van der Waals surface area contributed by atoms with E-state index in [1.165, 1.54) is 12.1 Å². The summed E-state index contributed by atoms with van der Waals surface area (Å²) in [5, 5.41) is 10.7. The van der Waals surface area contributed by atoms with Crippen LogP contribution in [0.5, 0.6) is 0 Å². The second-order valence-electron chi connectivity index (χ2n) is 5.07. The van der Waals surface area contributed by atoms with Crippen LogP contribution in [-0.4, -0.2) is 21.0 Å². The van der Waals surface area contributed by atoms with Gasteiger partial charge in [0, 0.05) is 6.07 Å². The molecule has 0 unspecified atom stereocenters. The smallest absolute Gasteiger partial charge is 0.268 e. The molecule has 24 heavy (non-hydrogen) atoms. The van der Waals surface area contributed by atoms with Crippen LogP contribution in [-0.2, 0) is 11.3 Å². The molecule has 3 rings (SSSR count). The fraction of sp³-hybridized carbons (Fsp3) is 0.0588. The summed E-state index contributed by atoms with van der Waals surface area (Å²) in [6, 6.07) is 15.3. The number of thioether (sulfide) groups is 1. The van der Waals surface area contributed by atoms with Gasteiger partial charge in [-0.15, -0.1) is 0 Å². The maximum absolute atomic E-state index is 12.5. The van der Waals surface area contributed by atoms with Crippen molar-refractivity contribution in [3.63, 3.8) is 0 Å². The third-order valence-electron chi connectivity index (χ3n) is 3.48. The second-order valence-corrected chi connectivity index (χ2v) is 6.06. The van der Waals surface area contributed by atoms with Crippen LogP contribution in [0.3, 0.4) is 0 Å². The molecule has 6 nitrogen and oxygen atoms in total. The molecule has 0 saturated carbocycles. The van der Waals surface area contributed by atoms with E-state index >= 15 is 0 Å². The topological polar surface area (TPSA) is 80.5 Å². The molecule has 2 aromatic rings. The van der Waals surface area contributed by atoms with Crippen molar-refractivity contribution in [2.24, 2.45) is 0 Å². The van der Waals surface area contributed by atoms with Gasteiger partial charge in [-0.2, -0.15) is 0 Å². The van der Waals surface area contributed by atoms with E-state index in [2.05, 4.69) is 0 Å². The zero-order valence-corrected chi connectivity index (χ0v) is 13.2. The van der Waals surface area contributed by atoms with E-state index in [4.69, 9.17) is 0 Å². The lowest BCUT2D eigenvalue weighted by Crippen LogP contribution is -2.27. The molecule has 1 aliphatic rings. The van der Waals surface area contributed by atoms with E-state index in [0.29, 0.717) is 5.56 Å². The van der Waals surface area contributed by atoms with Gasteiger partial charge in [0.25, 0.3) is 16.8 Å². The molecule has 0 aliphatic carbocycles. The number of benzene rings is 2. The highest BCUT2D eigenvalue weighted by molar-refractivity contribution is 8.18. The van der Waals surface area contributed by atoms with E-state index in [9.17, 15) is 19.7 Å². The fourth-order valence-corrected chi connectivity index (χ4v) is 3.15. The number of carbonyl (C=O) groups is 2. The van der Waals surface area contributed by atoms with Crippen LogP contribution in [0.25, 0.3) is 6.08 Å². The summed E-state index contributed by atoms with van der Waals surface area (Å²) in [7, 11) is 0. The minimum absolute atomic E-state index is 0.104. The van der Waals surface area contributed by atoms with Crippen LogP contribution < -0.4 is 0 Å². The van der Waals surface area contributed by atoms with Gasteiger partial charge in [-0.25, -0.2) is 0 Å². The first-order valence-corrected chi connectivity index (χ1v) is 7.90. The number of nitrogens with zero attached hydrogens (tertiary/aromatic N) is 2. The first-order valence-electron chi connectivity index (χ1n) is 7.09. The molecular formula is C17H12N2O4S. The highest BCUT2D eigenvalue weighted by Gasteiger charge is 2.35. The summed E-state index contributed by atoms with van der Waals surface area (Å²) in [6.45, 7) is 0.180. The third-order valence-corrected chi connectivity index (χ3v) is 4.38. The summed E-state index contributed by atoms with van der Waals surface area (Å²) < 4.78 is 0. The monoisotopic (exact) mass is 340 g/mol. The van der Waals surface area contributed by atoms with Gasteiger partial charge in [-0.1, -0.05) is 42.5 Å². The van der Waals surface area contributed by atoms with Crippen molar-refractivity contribution in [1.29, 1.82) is 0 Å². The summed E-state index contributed by atoms with van der Waals surface area (Å²) in [5.41, 5.74) is 1.03. The van der Waals surface area contributed by atoms with E-state index in [1.54, 1.807) is 18.2 Å². The maximum Gasteiger partial charge on any atom is 0.293 e. The predicted molar refractivity (Wildman–Crippen MR) is 91.1 cm³/mol. The maximum atomic E-state index is 12.5. The molecule has 1 aliphatic heterocycles. The van der Waals surface area contributed by atoms with Crippen LogP contribution in [0.15, 0.2) is 59.5 Å². The summed E-state index contributed by atoms with van der Waals surface area (Å²) in [4.78, 5) is 36.4. The number of hydrogen-bond donors (Lipinski definition) is 0. The summed E-state index contributed by atoms with van der Waals surface area (Å²) >= 11 is 0.792. The molecule has 1 saturated heterocycles. The van der Waals surface area contributed by atoms with Crippen LogP contribution in [0.2, 0.25) is 0 Å². The van der Waals surface area contributed by atoms with Crippen molar-refractivity contribution in [3.8, 4) is 0 Å². The molecule has 0 aromatic heterocycles. The van der Waals surface area contributed by atoms with Gasteiger partial charge in [0.2, 0.25) is 0 Å². The average molecular weight is 340 g/mol. The van der Waals surface area contributed by atoms with Crippen LogP contribution >= 0.6 is 11.8 Å². The van der Waals surface area contributed by atoms with Crippen molar-refractivity contribution in [2.45, 2.75) is 6.54 Å². The van der Waals surface area contributed by atoms with E-state index in [1.807, 2.05) is 30.3 Å². The Morgan fingerprint density at radius 3 is 2.42 bits per heavy atom. The molecule has 2 aromatic carbocycles. The van der Waals surface area contributed by atoms with Crippen LogP contribution in [0.1, 0.15) is 11.1 Å². The molecule has 0 N–H and O–H groups in total. The Hall–Kier alpha value is -2.93. The zero-order chi connectivity index (χ0) is 17.1. The zero-order valence-electron chi connectivity index (χ0n) is 12.4. The first kappa shape index (κ1) is 15.9. The number of rotatable bonds is 4. The minimum atomic E-state index is -0.514. The number of nitro benzene ring substituents is 1. The van der Waals surface area contributed by atoms with E-state index in [-0.39, 0.29) is 22.4 Å². The molecule has 2 amide bonds. The minimum Gasteiger partial charge on any atom is -0.268 e. The summed E-state index contributed by atoms with van der Waals surface area (Å²) in [6.07, 6.45) is 1.40. The number of imide groups is 1. The molecule has 0 spiro atoms. The Kier molecular flexibility index (Phi) is 4.43. The predicted octanol–water partition coefficient (Wildman–Crippen LogP) is 3.83. The molecule has 0 atom stereocenters. The number of carbonyl (C=O) groups excluding carboxylic acids is 2. The Labute approximate surface area is 141 Å². The quantitative estimate of drug-likeness (QED) is 0.480. The largest absolute Gasteiger partial charge is 0.293 e. The lowest BCUT2D eigenvalue weighted by molar-refractivity contribution is -0.385. The van der Waals surface area contributed by atoms with Gasteiger partial charge in [0.1, 0.15) is 0 Å².